The van der Waals surface area contributed by atoms with Gasteiger partial charge >= 0.3 is 0 Å². The van der Waals surface area contributed by atoms with Gasteiger partial charge < -0.3 is 5.11 Å². The monoisotopic (exact) mass is 274 g/mol. The molecule has 4 aliphatic rings. The minimum Gasteiger partial charge on any atom is -0.387 e. The van der Waals surface area contributed by atoms with Crippen molar-refractivity contribution < 1.29 is 5.11 Å². The van der Waals surface area contributed by atoms with Crippen molar-refractivity contribution in [3.63, 3.8) is 0 Å². The van der Waals surface area contributed by atoms with Gasteiger partial charge in [0.25, 0.3) is 0 Å². The predicted molar refractivity (Wildman–Crippen MR) is 78.1 cm³/mol. The molecule has 3 nitrogen and oxygen atoms in total. The second kappa shape index (κ2) is 4.59. The van der Waals surface area contributed by atoms with Gasteiger partial charge in [-0.05, 0) is 81.1 Å². The van der Waals surface area contributed by atoms with Crippen LogP contribution in [0.3, 0.4) is 0 Å². The highest BCUT2D eigenvalue weighted by molar-refractivity contribution is 5.08. The van der Waals surface area contributed by atoms with Crippen molar-refractivity contribution in [1.82, 2.24) is 9.78 Å². The Labute approximate surface area is 121 Å². The normalized spacial score (nSPS) is 40.2. The van der Waals surface area contributed by atoms with Gasteiger partial charge in [-0.25, -0.2) is 0 Å². The van der Waals surface area contributed by atoms with Crippen LogP contribution in [-0.4, -0.2) is 14.9 Å². The molecule has 3 heteroatoms. The molecule has 1 heterocycles. The lowest BCUT2D eigenvalue weighted by molar-refractivity contribution is -0.0773. The molecule has 4 aliphatic carbocycles. The Morgan fingerprint density at radius 3 is 2.40 bits per heavy atom. The smallest absolute Gasteiger partial charge is 0.0961 e. The van der Waals surface area contributed by atoms with Crippen molar-refractivity contribution >= 4 is 0 Å². The van der Waals surface area contributed by atoms with Crippen molar-refractivity contribution in [2.24, 2.45) is 23.2 Å². The van der Waals surface area contributed by atoms with Gasteiger partial charge in [0.05, 0.1) is 11.8 Å². The Hall–Kier alpha value is -0.830. The van der Waals surface area contributed by atoms with Crippen LogP contribution in [0.25, 0.3) is 0 Å². The third-order valence-electron chi connectivity index (χ3n) is 6.18. The summed E-state index contributed by atoms with van der Waals surface area (Å²) in [6.45, 7) is 2.94. The fourth-order valence-corrected chi connectivity index (χ4v) is 5.94. The number of rotatable bonds is 4. The van der Waals surface area contributed by atoms with Crippen LogP contribution in [-0.2, 0) is 6.54 Å². The third kappa shape index (κ3) is 2.02. The van der Waals surface area contributed by atoms with E-state index < -0.39 is 0 Å². The maximum atomic E-state index is 10.7. The number of aliphatic hydroxyl groups excluding tert-OH is 1. The van der Waals surface area contributed by atoms with E-state index in [1.165, 1.54) is 38.5 Å². The summed E-state index contributed by atoms with van der Waals surface area (Å²) in [6.07, 6.45) is 11.0. The Morgan fingerprint density at radius 1 is 1.25 bits per heavy atom. The summed E-state index contributed by atoms with van der Waals surface area (Å²) in [6, 6.07) is 1.99. The van der Waals surface area contributed by atoms with E-state index in [1.54, 1.807) is 0 Å². The Kier molecular flexibility index (Phi) is 2.95. The summed E-state index contributed by atoms with van der Waals surface area (Å²) in [7, 11) is 0. The van der Waals surface area contributed by atoms with Crippen LogP contribution in [0.5, 0.6) is 0 Å². The fraction of sp³-hybridized carbons (Fsp3) is 0.824. The molecule has 1 atom stereocenters. The lowest BCUT2D eigenvalue weighted by Crippen LogP contribution is -2.46. The Balaban J connectivity index is 1.54. The quantitative estimate of drug-likeness (QED) is 0.912. The topological polar surface area (TPSA) is 38.0 Å². The largest absolute Gasteiger partial charge is 0.387 e. The number of aromatic nitrogens is 2. The molecule has 1 aromatic heterocycles. The average molecular weight is 274 g/mol. The molecule has 4 fully saturated rings. The molecule has 1 N–H and O–H groups in total. The standard InChI is InChI=1S/C17H26N2O/c1-2-19-15(3-4-18-19)16(20)11-17-8-12-5-13(9-17)7-14(6-12)10-17/h3-4,12-14,16,20H,2,5-11H2,1H3. The van der Waals surface area contributed by atoms with Gasteiger partial charge in [-0.15, -0.1) is 0 Å². The second-order valence-electron chi connectivity index (χ2n) is 7.71. The lowest BCUT2D eigenvalue weighted by Gasteiger charge is -2.57. The number of nitrogens with zero attached hydrogens (tertiary/aromatic N) is 2. The first-order valence-corrected chi connectivity index (χ1v) is 8.37. The zero-order chi connectivity index (χ0) is 13.7. The molecule has 0 radical (unpaired) electrons. The molecule has 0 saturated heterocycles. The summed E-state index contributed by atoms with van der Waals surface area (Å²) < 4.78 is 1.95. The first-order chi connectivity index (χ1) is 9.67. The van der Waals surface area contributed by atoms with E-state index in [9.17, 15) is 5.11 Å². The molecule has 1 unspecified atom stereocenters. The van der Waals surface area contributed by atoms with Gasteiger partial charge in [0, 0.05) is 12.7 Å². The molecule has 110 valence electrons. The van der Waals surface area contributed by atoms with E-state index >= 15 is 0 Å². The van der Waals surface area contributed by atoms with Crippen LogP contribution in [0, 0.1) is 23.2 Å². The maximum absolute atomic E-state index is 10.7. The molecule has 0 spiro atoms. The molecular weight excluding hydrogens is 248 g/mol. The number of hydrogen-bond donors (Lipinski definition) is 1. The van der Waals surface area contributed by atoms with Crippen molar-refractivity contribution in [2.45, 2.75) is 64.5 Å². The van der Waals surface area contributed by atoms with Crippen molar-refractivity contribution in [3.05, 3.63) is 18.0 Å². The summed E-state index contributed by atoms with van der Waals surface area (Å²) in [4.78, 5) is 0. The minimum atomic E-state index is -0.325. The first-order valence-electron chi connectivity index (χ1n) is 8.37. The molecule has 5 rings (SSSR count). The third-order valence-corrected chi connectivity index (χ3v) is 6.18. The van der Waals surface area contributed by atoms with E-state index in [0.29, 0.717) is 5.41 Å². The maximum Gasteiger partial charge on any atom is 0.0961 e. The van der Waals surface area contributed by atoms with Gasteiger partial charge in [0.1, 0.15) is 0 Å². The van der Waals surface area contributed by atoms with Crippen LogP contribution in [0.2, 0.25) is 0 Å². The molecule has 0 amide bonds. The molecule has 0 aliphatic heterocycles. The highest BCUT2D eigenvalue weighted by Gasteiger charge is 2.51. The van der Waals surface area contributed by atoms with Gasteiger partial charge in [0.2, 0.25) is 0 Å². The fourth-order valence-electron chi connectivity index (χ4n) is 5.94. The molecular formula is C17H26N2O. The van der Waals surface area contributed by atoms with Gasteiger partial charge in [-0.3, -0.25) is 4.68 Å². The Morgan fingerprint density at radius 2 is 1.85 bits per heavy atom. The van der Waals surface area contributed by atoms with Crippen LogP contribution in [0.4, 0.5) is 0 Å². The molecule has 4 saturated carbocycles. The van der Waals surface area contributed by atoms with Crippen molar-refractivity contribution in [3.8, 4) is 0 Å². The second-order valence-corrected chi connectivity index (χ2v) is 7.71. The van der Waals surface area contributed by atoms with Crippen LogP contribution in [0.1, 0.15) is 63.7 Å². The van der Waals surface area contributed by atoms with Gasteiger partial charge in [-0.1, -0.05) is 0 Å². The van der Waals surface area contributed by atoms with E-state index in [0.717, 1.165) is 36.4 Å². The zero-order valence-electron chi connectivity index (χ0n) is 12.5. The van der Waals surface area contributed by atoms with Crippen LogP contribution in [0.15, 0.2) is 12.3 Å². The average Bonchev–Trinajstić information content (AvgIpc) is 2.84. The number of aryl methyl sites for hydroxylation is 1. The summed E-state index contributed by atoms with van der Waals surface area (Å²) >= 11 is 0. The summed E-state index contributed by atoms with van der Waals surface area (Å²) in [5.41, 5.74) is 1.46. The van der Waals surface area contributed by atoms with Crippen molar-refractivity contribution in [1.29, 1.82) is 0 Å². The molecule has 20 heavy (non-hydrogen) atoms. The molecule has 4 bridgehead atoms. The highest BCUT2D eigenvalue weighted by Crippen LogP contribution is 2.62. The first kappa shape index (κ1) is 12.9. The van der Waals surface area contributed by atoms with E-state index in [2.05, 4.69) is 12.0 Å². The minimum absolute atomic E-state index is 0.325. The zero-order valence-corrected chi connectivity index (χ0v) is 12.5. The molecule has 1 aromatic rings. The summed E-state index contributed by atoms with van der Waals surface area (Å²) in [5, 5.41) is 15.0. The van der Waals surface area contributed by atoms with Gasteiger partial charge in [-0.2, -0.15) is 5.10 Å². The molecule has 0 aromatic carbocycles. The highest BCUT2D eigenvalue weighted by atomic mass is 16.3. The van der Waals surface area contributed by atoms with Crippen LogP contribution < -0.4 is 0 Å². The van der Waals surface area contributed by atoms with E-state index in [-0.39, 0.29) is 6.10 Å². The SMILES string of the molecule is CCn1nccc1C(O)CC12CC3CC(CC(C3)C1)C2. The predicted octanol–water partition coefficient (Wildman–Crippen LogP) is 3.54. The number of hydrogen-bond acceptors (Lipinski definition) is 2. The van der Waals surface area contributed by atoms with Crippen molar-refractivity contribution in [2.75, 3.05) is 0 Å². The number of aliphatic hydroxyl groups is 1. The Bertz CT molecular complexity index is 458. The van der Waals surface area contributed by atoms with Gasteiger partial charge in [0.15, 0.2) is 0 Å². The van der Waals surface area contributed by atoms with E-state index in [1.807, 2.05) is 16.9 Å². The summed E-state index contributed by atoms with van der Waals surface area (Å²) in [5.74, 6) is 2.89. The lowest BCUT2D eigenvalue weighted by atomic mass is 9.48. The van der Waals surface area contributed by atoms with Crippen LogP contribution >= 0.6 is 0 Å². The van der Waals surface area contributed by atoms with E-state index in [4.69, 9.17) is 0 Å².